The first-order chi connectivity index (χ1) is 6.34. The van der Waals surface area contributed by atoms with Gasteiger partial charge in [-0.3, -0.25) is 0 Å². The van der Waals surface area contributed by atoms with Crippen molar-refractivity contribution >= 4 is 10.9 Å². The topological polar surface area (TPSA) is 60.2 Å². The van der Waals surface area contributed by atoms with E-state index < -0.39 is 10.9 Å². The largest absolute Gasteiger partial charge is 0.231 e. The van der Waals surface area contributed by atoms with E-state index >= 15 is 0 Å². The Morgan fingerprint density at radius 2 is 1.43 bits per heavy atom. The zero-order valence-corrected chi connectivity index (χ0v) is 9.62. The summed E-state index contributed by atoms with van der Waals surface area (Å²) in [5, 5.41) is 4.06. The zero-order chi connectivity index (χ0) is 11.2. The number of nitrogens with two attached hydrogens (primary N) is 1. The lowest BCUT2D eigenvalue weighted by molar-refractivity contribution is 0.590. The monoisotopic (exact) mass is 215 g/mol. The van der Waals surface area contributed by atoms with E-state index in [0.717, 1.165) is 0 Å². The van der Waals surface area contributed by atoms with Crippen LogP contribution in [0.2, 0.25) is 0 Å². The number of benzene rings is 1. The Hall–Kier alpha value is -0.870. The molecule has 0 bridgehead atoms. The lowest BCUT2D eigenvalue weighted by Gasteiger charge is -2.18. The smallest absolute Gasteiger partial charge is 0.198 e. The molecule has 0 saturated carbocycles. The highest BCUT2D eigenvalue weighted by atomic mass is 32.2. The van der Waals surface area contributed by atoms with Crippen LogP contribution in [0.3, 0.4) is 0 Å². The first-order valence-electron chi connectivity index (χ1n) is 4.28. The highest BCUT2D eigenvalue weighted by Gasteiger charge is 2.11. The van der Waals surface area contributed by atoms with Gasteiger partial charge >= 0.3 is 0 Å². The maximum atomic E-state index is 8.81. The molecule has 0 aliphatic heterocycles. The van der Waals surface area contributed by atoms with E-state index in [2.05, 4.69) is 56.2 Å². The van der Waals surface area contributed by atoms with Gasteiger partial charge in [0.25, 0.3) is 0 Å². The van der Waals surface area contributed by atoms with Crippen molar-refractivity contribution in [1.82, 2.24) is 0 Å². The van der Waals surface area contributed by atoms with Crippen LogP contribution < -0.4 is 5.14 Å². The molecule has 0 aliphatic rings. The molecule has 0 amide bonds. The molecule has 0 radical (unpaired) electrons. The third-order valence-electron chi connectivity index (χ3n) is 1.64. The molecule has 0 heterocycles. The first-order valence-corrected chi connectivity index (χ1v) is 5.53. The maximum absolute atomic E-state index is 8.81. The minimum absolute atomic E-state index is 0.293. The van der Waals surface area contributed by atoms with Gasteiger partial charge in [-0.15, -0.1) is 0 Å². The van der Waals surface area contributed by atoms with Crippen LogP contribution in [0.25, 0.3) is 0 Å². The van der Waals surface area contributed by atoms with Gasteiger partial charge in [0.05, 0.1) is 0 Å². The van der Waals surface area contributed by atoms with E-state index in [0.29, 0.717) is 5.41 Å². The van der Waals surface area contributed by atoms with Crippen LogP contribution in [0.15, 0.2) is 30.3 Å². The SMILES string of the molecule is CC(C)(C)c1ccccc1.N[SH](=O)=O. The lowest BCUT2D eigenvalue weighted by Crippen LogP contribution is -2.10. The van der Waals surface area contributed by atoms with Crippen molar-refractivity contribution in [1.29, 1.82) is 0 Å². The fraction of sp³-hybridized carbons (Fsp3) is 0.400. The summed E-state index contributed by atoms with van der Waals surface area (Å²) in [4.78, 5) is 0. The second-order valence-corrected chi connectivity index (χ2v) is 4.47. The third-order valence-corrected chi connectivity index (χ3v) is 1.64. The molecule has 0 atom stereocenters. The van der Waals surface area contributed by atoms with E-state index in [9.17, 15) is 0 Å². The standard InChI is InChI=1S/C10H14.H3NO2S/c1-10(2,3)9-7-5-4-6-8-9;1-4(2)3/h4-8H,1-3H3;4H,(H2,1,2,3). The zero-order valence-electron chi connectivity index (χ0n) is 8.73. The summed E-state index contributed by atoms with van der Waals surface area (Å²) < 4.78 is 17.6. The van der Waals surface area contributed by atoms with Crippen molar-refractivity contribution in [2.45, 2.75) is 26.2 Å². The number of hydrogen-bond acceptors (Lipinski definition) is 2. The van der Waals surface area contributed by atoms with Crippen molar-refractivity contribution < 1.29 is 8.42 Å². The van der Waals surface area contributed by atoms with Gasteiger partial charge in [-0.05, 0) is 11.0 Å². The van der Waals surface area contributed by atoms with E-state index in [1.54, 1.807) is 0 Å². The second kappa shape index (κ2) is 5.78. The van der Waals surface area contributed by atoms with Gasteiger partial charge < -0.3 is 0 Å². The summed E-state index contributed by atoms with van der Waals surface area (Å²) in [6.45, 7) is 6.67. The van der Waals surface area contributed by atoms with Gasteiger partial charge in [0, 0.05) is 0 Å². The highest BCUT2D eigenvalue weighted by molar-refractivity contribution is 7.69. The fourth-order valence-corrected chi connectivity index (χ4v) is 0.938. The molecule has 0 spiro atoms. The van der Waals surface area contributed by atoms with Gasteiger partial charge in [-0.2, -0.15) is 0 Å². The number of rotatable bonds is 0. The van der Waals surface area contributed by atoms with Crippen LogP contribution in [-0.4, -0.2) is 8.42 Å². The molecule has 0 fully saturated rings. The molecule has 2 N–H and O–H groups in total. The first kappa shape index (κ1) is 13.1. The normalized spacial score (nSPS) is 10.6. The molecule has 1 aromatic carbocycles. The summed E-state index contributed by atoms with van der Waals surface area (Å²) in [6, 6.07) is 10.6. The molecule has 4 heteroatoms. The minimum atomic E-state index is -2.62. The van der Waals surface area contributed by atoms with Crippen molar-refractivity contribution in [3.63, 3.8) is 0 Å². The quantitative estimate of drug-likeness (QED) is 0.644. The van der Waals surface area contributed by atoms with Crippen LogP contribution in [0.1, 0.15) is 26.3 Å². The molecule has 14 heavy (non-hydrogen) atoms. The van der Waals surface area contributed by atoms with Crippen molar-refractivity contribution in [2.24, 2.45) is 5.14 Å². The van der Waals surface area contributed by atoms with E-state index in [1.165, 1.54) is 5.56 Å². The highest BCUT2D eigenvalue weighted by Crippen LogP contribution is 2.20. The van der Waals surface area contributed by atoms with Gasteiger partial charge in [0.2, 0.25) is 0 Å². The summed E-state index contributed by atoms with van der Waals surface area (Å²) in [5.74, 6) is 0. The minimum Gasteiger partial charge on any atom is -0.231 e. The molecule has 0 unspecified atom stereocenters. The van der Waals surface area contributed by atoms with Crippen molar-refractivity contribution in [3.05, 3.63) is 35.9 Å². The van der Waals surface area contributed by atoms with Gasteiger partial charge in [-0.25, -0.2) is 13.6 Å². The Morgan fingerprint density at radius 3 is 1.64 bits per heavy atom. The summed E-state index contributed by atoms with van der Waals surface area (Å²) >= 11 is 0. The summed E-state index contributed by atoms with van der Waals surface area (Å²) in [5.41, 5.74) is 1.69. The molecule has 3 nitrogen and oxygen atoms in total. The van der Waals surface area contributed by atoms with Crippen LogP contribution in [0, 0.1) is 0 Å². The van der Waals surface area contributed by atoms with Crippen LogP contribution in [0.5, 0.6) is 0 Å². The van der Waals surface area contributed by atoms with Crippen molar-refractivity contribution in [2.75, 3.05) is 0 Å². The van der Waals surface area contributed by atoms with Crippen LogP contribution in [-0.2, 0) is 16.3 Å². The molecule has 1 aromatic rings. The molecule has 0 saturated heterocycles. The van der Waals surface area contributed by atoms with Gasteiger partial charge in [0.15, 0.2) is 10.9 Å². The predicted molar refractivity (Wildman–Crippen MR) is 59.6 cm³/mol. The molecule has 1 rings (SSSR count). The van der Waals surface area contributed by atoms with E-state index in [-0.39, 0.29) is 0 Å². The van der Waals surface area contributed by atoms with E-state index in [1.807, 2.05) is 0 Å². The average Bonchev–Trinajstić information content (AvgIpc) is 2.03. The van der Waals surface area contributed by atoms with Crippen LogP contribution >= 0.6 is 0 Å². The number of hydrogen-bond donors (Lipinski definition) is 2. The molecule has 0 aliphatic carbocycles. The third kappa shape index (κ3) is 6.62. The lowest BCUT2D eigenvalue weighted by atomic mass is 9.87. The Bertz CT molecular complexity index is 318. The maximum Gasteiger partial charge on any atom is 0.198 e. The number of thiol groups is 1. The Labute approximate surface area is 87.0 Å². The Balaban J connectivity index is 0.000000364. The average molecular weight is 215 g/mol. The summed E-state index contributed by atoms with van der Waals surface area (Å²) in [6.07, 6.45) is 0. The van der Waals surface area contributed by atoms with Gasteiger partial charge in [0.1, 0.15) is 0 Å². The predicted octanol–water partition coefficient (Wildman–Crippen LogP) is 1.46. The molecule has 0 aromatic heterocycles. The van der Waals surface area contributed by atoms with Gasteiger partial charge in [-0.1, -0.05) is 51.1 Å². The fourth-order valence-electron chi connectivity index (χ4n) is 0.938. The molecular formula is C10H17NO2S. The Morgan fingerprint density at radius 1 is 1.07 bits per heavy atom. The molecule has 80 valence electrons. The second-order valence-electron chi connectivity index (χ2n) is 3.90. The summed E-state index contributed by atoms with van der Waals surface area (Å²) in [7, 11) is -2.62. The Kier molecular flexibility index (Phi) is 5.42. The van der Waals surface area contributed by atoms with Crippen LogP contribution in [0.4, 0.5) is 0 Å². The van der Waals surface area contributed by atoms with Crippen molar-refractivity contribution in [3.8, 4) is 0 Å². The van der Waals surface area contributed by atoms with E-state index in [4.69, 9.17) is 8.42 Å². The molecular weight excluding hydrogens is 198 g/mol.